The highest BCUT2D eigenvalue weighted by Gasteiger charge is 2.30. The lowest BCUT2D eigenvalue weighted by Gasteiger charge is -2.30. The molecule has 1 aliphatic rings. The Morgan fingerprint density at radius 2 is 1.91 bits per heavy atom. The van der Waals surface area contributed by atoms with E-state index < -0.39 is 86.0 Å². The molecule has 1 fully saturated rings. The van der Waals surface area contributed by atoms with Gasteiger partial charge in [0.05, 0.1) is 6.85 Å². The number of aliphatic carboxylic acids is 1. The van der Waals surface area contributed by atoms with Crippen molar-refractivity contribution in [3.8, 4) is 0 Å². The maximum absolute atomic E-state index is 12.7. The van der Waals surface area contributed by atoms with E-state index in [1.165, 1.54) is 0 Å². The number of carbonyl (C=O) groups is 2. The summed E-state index contributed by atoms with van der Waals surface area (Å²) in [6, 6.07) is -4.48. The fraction of sp³-hybridized carbons (Fsp3) is 0.579. The van der Waals surface area contributed by atoms with E-state index in [9.17, 15) is 14.7 Å². The Labute approximate surface area is 153 Å². The molecular weight excluding hydrogens is 290 g/mol. The quantitative estimate of drug-likeness (QED) is 0.842. The smallest absolute Gasteiger partial charge is 0.326 e. The topological polar surface area (TPSA) is 66.4 Å². The Balaban J connectivity index is 2.12. The maximum Gasteiger partial charge on any atom is 0.326 e. The lowest BCUT2D eigenvalue weighted by molar-refractivity contribution is -0.142. The summed E-state index contributed by atoms with van der Waals surface area (Å²) in [5.41, 5.74) is -0.236. The normalized spacial score (nSPS) is 30.6. The van der Waals surface area contributed by atoms with Crippen LogP contribution in [0.3, 0.4) is 0 Å². The van der Waals surface area contributed by atoms with Gasteiger partial charge in [-0.05, 0) is 43.1 Å². The van der Waals surface area contributed by atoms with Crippen LogP contribution in [0.5, 0.6) is 0 Å². The minimum atomic E-state index is -2.68. The van der Waals surface area contributed by atoms with E-state index in [0.717, 1.165) is 0 Å². The van der Waals surface area contributed by atoms with E-state index in [1.807, 2.05) is 0 Å². The van der Waals surface area contributed by atoms with Crippen molar-refractivity contribution in [3.05, 3.63) is 35.8 Å². The second-order valence-electron chi connectivity index (χ2n) is 5.80. The van der Waals surface area contributed by atoms with Crippen LogP contribution < -0.4 is 5.32 Å². The predicted octanol–water partition coefficient (Wildman–Crippen LogP) is 3.26. The fourth-order valence-corrected chi connectivity index (χ4v) is 2.79. The molecular formula is C19H27NO3. The van der Waals surface area contributed by atoms with Gasteiger partial charge in [-0.3, -0.25) is 4.79 Å². The zero-order valence-electron chi connectivity index (χ0n) is 23.6. The molecule has 23 heavy (non-hydrogen) atoms. The molecule has 0 radical (unpaired) electrons. The van der Waals surface area contributed by atoms with Crippen LogP contribution in [-0.2, 0) is 16.0 Å². The zero-order valence-corrected chi connectivity index (χ0v) is 12.6. The van der Waals surface area contributed by atoms with Crippen molar-refractivity contribution < 1.29 is 29.8 Å². The number of nitrogens with one attached hydrogen (secondary N) is 1. The summed E-state index contributed by atoms with van der Waals surface area (Å²) in [7, 11) is 0. The van der Waals surface area contributed by atoms with Crippen molar-refractivity contribution in [1.29, 1.82) is 0 Å². The Hall–Kier alpha value is -1.84. The molecule has 1 amide bonds. The summed E-state index contributed by atoms with van der Waals surface area (Å²) in [6.07, 6.45) is 0.202. The Kier molecular flexibility index (Phi) is 2.77. The third kappa shape index (κ3) is 5.08. The fourth-order valence-electron chi connectivity index (χ4n) is 2.79. The Bertz CT molecular complexity index is 894. The van der Waals surface area contributed by atoms with Crippen LogP contribution in [0.25, 0.3) is 0 Å². The Morgan fingerprint density at radius 3 is 2.48 bits per heavy atom. The van der Waals surface area contributed by atoms with Crippen molar-refractivity contribution in [2.75, 3.05) is 0 Å². The third-order valence-corrected chi connectivity index (χ3v) is 4.19. The number of benzene rings is 1. The first-order valence-corrected chi connectivity index (χ1v) is 7.55. The molecule has 1 atom stereocenters. The number of carbonyl (C=O) groups excluding carboxylic acids is 1. The summed E-state index contributed by atoms with van der Waals surface area (Å²) in [5, 5.41) is 11.9. The number of hydrogen-bond acceptors (Lipinski definition) is 2. The van der Waals surface area contributed by atoms with Gasteiger partial charge in [0.1, 0.15) is 6.04 Å². The molecule has 1 aromatic rings. The van der Waals surface area contributed by atoms with Crippen molar-refractivity contribution in [3.63, 3.8) is 0 Å². The molecule has 0 saturated heterocycles. The molecule has 0 aliphatic heterocycles. The van der Waals surface area contributed by atoms with Gasteiger partial charge < -0.3 is 10.4 Å². The number of carboxylic acid groups (broad SMARTS) is 1. The van der Waals surface area contributed by atoms with Crippen molar-refractivity contribution in [1.82, 2.24) is 5.32 Å². The van der Waals surface area contributed by atoms with Crippen molar-refractivity contribution >= 4 is 11.9 Å². The third-order valence-electron chi connectivity index (χ3n) is 4.19. The minimum absolute atomic E-state index is 0.181. The molecule has 0 heterocycles. The first kappa shape index (κ1) is 7.82. The van der Waals surface area contributed by atoms with E-state index in [2.05, 4.69) is 5.32 Å². The average Bonchev–Trinajstić information content (AvgIpc) is 2.71. The first-order chi connectivity index (χ1) is 15.5. The van der Waals surface area contributed by atoms with Gasteiger partial charge >= 0.3 is 5.97 Å². The van der Waals surface area contributed by atoms with Crippen LogP contribution in [-0.4, -0.2) is 23.0 Å². The highest BCUT2D eigenvalue weighted by Crippen LogP contribution is 2.33. The van der Waals surface area contributed by atoms with Gasteiger partial charge in [-0.25, -0.2) is 4.79 Å². The van der Waals surface area contributed by atoms with E-state index in [1.54, 1.807) is 0 Å². The molecule has 1 aromatic carbocycles. The van der Waals surface area contributed by atoms with Crippen LogP contribution in [0.15, 0.2) is 30.2 Å². The maximum atomic E-state index is 12.7. The number of amides is 1. The van der Waals surface area contributed by atoms with Crippen molar-refractivity contribution in [2.24, 2.45) is 17.8 Å². The lowest BCUT2D eigenvalue weighted by Crippen LogP contribution is -2.45. The Morgan fingerprint density at radius 1 is 1.26 bits per heavy atom. The highest BCUT2D eigenvalue weighted by molar-refractivity contribution is 5.85. The molecule has 0 aromatic heterocycles. The molecule has 0 unspecified atom stereocenters. The standard InChI is InChI=1S/C19H27NO3/c1-13(2)15-8-10-16(11-9-15)18(21)20-17(19(22)23)12-14-6-4-3-5-7-14/h3-7,13,15-17H,8-12H2,1-2H3,(H,20,21)(H,22,23)/t15?,16?,17-/m1/s1/i1D3,2D3,3D,4D,5D,6D,7D. The zero-order chi connectivity index (χ0) is 26.2. The predicted molar refractivity (Wildman–Crippen MR) is 90.0 cm³/mol. The van der Waals surface area contributed by atoms with E-state index in [4.69, 9.17) is 15.1 Å². The molecule has 126 valence electrons. The lowest BCUT2D eigenvalue weighted by atomic mass is 9.76. The summed E-state index contributed by atoms with van der Waals surface area (Å²) in [6.45, 7) is -5.35. The molecule has 2 N–H and O–H groups in total. The summed E-state index contributed by atoms with van der Waals surface area (Å²) in [4.78, 5) is 24.5. The monoisotopic (exact) mass is 328 g/mol. The average molecular weight is 328 g/mol. The van der Waals surface area contributed by atoms with Gasteiger partial charge in [-0.2, -0.15) is 0 Å². The second kappa shape index (κ2) is 8.14. The molecule has 1 aliphatic carbocycles. The second-order valence-corrected chi connectivity index (χ2v) is 5.80. The van der Waals surface area contributed by atoms with Crippen LogP contribution in [0.2, 0.25) is 0 Å². The molecule has 4 nitrogen and oxygen atoms in total. The molecule has 4 heteroatoms. The SMILES string of the molecule is [2H]c1c([2H])c([2H])c(C[C@@H](NC(=O)C2CCC(C(C([2H])([2H])[2H])C([2H])([2H])[2H])CC2)C(=O)O)c([2H])c1[2H]. The van der Waals surface area contributed by atoms with Crippen molar-refractivity contribution in [2.45, 2.75) is 51.8 Å². The van der Waals surface area contributed by atoms with Crippen LogP contribution in [0.4, 0.5) is 0 Å². The molecule has 0 spiro atoms. The van der Waals surface area contributed by atoms with E-state index in [0.29, 0.717) is 0 Å². The van der Waals surface area contributed by atoms with Gasteiger partial charge in [-0.1, -0.05) is 43.9 Å². The largest absolute Gasteiger partial charge is 0.480 e. The number of carboxylic acids is 1. The first-order valence-electron chi connectivity index (χ1n) is 13.1. The van der Waals surface area contributed by atoms with Crippen LogP contribution in [0, 0.1) is 17.8 Å². The van der Waals surface area contributed by atoms with E-state index in [-0.39, 0.29) is 31.2 Å². The van der Waals surface area contributed by atoms with Crippen LogP contribution in [0.1, 0.15) is 60.0 Å². The summed E-state index contributed by atoms with van der Waals surface area (Å²) >= 11 is 0. The number of rotatable bonds is 6. The van der Waals surface area contributed by atoms with Gasteiger partial charge in [0.2, 0.25) is 5.91 Å². The molecule has 0 bridgehead atoms. The molecule has 2 rings (SSSR count). The summed E-state index contributed by atoms with van der Waals surface area (Å²) in [5.74, 6) is -4.88. The minimum Gasteiger partial charge on any atom is -0.480 e. The molecule has 1 saturated carbocycles. The van der Waals surface area contributed by atoms with Gasteiger partial charge in [0.15, 0.2) is 0 Å². The van der Waals surface area contributed by atoms with Gasteiger partial charge in [0, 0.05) is 20.6 Å². The van der Waals surface area contributed by atoms with Gasteiger partial charge in [-0.15, -0.1) is 0 Å². The summed E-state index contributed by atoms with van der Waals surface area (Å²) < 4.78 is 84.5. The highest BCUT2D eigenvalue weighted by atomic mass is 16.4. The van der Waals surface area contributed by atoms with Crippen LogP contribution >= 0.6 is 0 Å². The van der Waals surface area contributed by atoms with Gasteiger partial charge in [0.25, 0.3) is 0 Å². The number of hydrogen-bond donors (Lipinski definition) is 2. The van der Waals surface area contributed by atoms with E-state index >= 15 is 0 Å².